The minimum Gasteiger partial charge on any atom is -0.456 e. The van der Waals surface area contributed by atoms with Crippen molar-refractivity contribution in [1.29, 1.82) is 0 Å². The van der Waals surface area contributed by atoms with E-state index in [9.17, 15) is 0 Å². The van der Waals surface area contributed by atoms with Crippen LogP contribution in [0.25, 0.3) is 98.8 Å². The lowest BCUT2D eigenvalue weighted by molar-refractivity contribution is 0.487. The van der Waals surface area contributed by atoms with Crippen LogP contribution in [-0.4, -0.2) is 9.13 Å². The summed E-state index contributed by atoms with van der Waals surface area (Å²) in [5, 5.41) is 9.84. The van der Waals surface area contributed by atoms with Gasteiger partial charge in [0.15, 0.2) is 0 Å². The van der Waals surface area contributed by atoms with Crippen LogP contribution in [0.3, 0.4) is 0 Å². The van der Waals surface area contributed by atoms with E-state index >= 15 is 0 Å². The van der Waals surface area contributed by atoms with E-state index in [4.69, 9.17) is 4.74 Å². The minimum atomic E-state index is 0.878. The zero-order chi connectivity index (χ0) is 34.6. The molecule has 2 aromatic heterocycles. The average Bonchev–Trinajstić information content (AvgIpc) is 3.72. The summed E-state index contributed by atoms with van der Waals surface area (Å²) in [6.45, 7) is 0. The van der Waals surface area contributed by atoms with E-state index in [2.05, 4.69) is 191 Å². The number of fused-ring (bicyclic) bond motifs is 10. The number of hydrogen-bond acceptors (Lipinski definition) is 1. The van der Waals surface area contributed by atoms with Crippen LogP contribution >= 0.6 is 0 Å². The minimum absolute atomic E-state index is 0.878. The van der Waals surface area contributed by atoms with Gasteiger partial charge < -0.3 is 13.9 Å². The molecule has 0 aliphatic carbocycles. The lowest BCUT2D eigenvalue weighted by Crippen LogP contribution is -1.99. The Kier molecular flexibility index (Phi) is 5.77. The fraction of sp³-hybridized carbons (Fsp3) is 0. The molecule has 0 amide bonds. The van der Waals surface area contributed by atoms with Crippen molar-refractivity contribution in [2.75, 3.05) is 0 Å². The SMILES string of the molecule is c1ccc(-n2c3ccc(-c4ccc5c(c4)-c4cccc6c4c(cc4c6c6ccccc6n4-c4ccccc4)O5)cc3c3cc4ccccc4cc32)cc1. The van der Waals surface area contributed by atoms with Gasteiger partial charge in [-0.15, -0.1) is 0 Å². The van der Waals surface area contributed by atoms with Crippen molar-refractivity contribution in [1.82, 2.24) is 9.13 Å². The van der Waals surface area contributed by atoms with Crippen LogP contribution in [0, 0.1) is 0 Å². The van der Waals surface area contributed by atoms with Crippen LogP contribution in [0.15, 0.2) is 182 Å². The van der Waals surface area contributed by atoms with Gasteiger partial charge in [0.1, 0.15) is 11.5 Å². The molecule has 0 unspecified atom stereocenters. The van der Waals surface area contributed by atoms with Gasteiger partial charge in [0.05, 0.1) is 22.1 Å². The number of benzene rings is 9. The number of para-hydroxylation sites is 3. The van der Waals surface area contributed by atoms with E-state index in [1.807, 2.05) is 0 Å². The Labute approximate surface area is 305 Å². The van der Waals surface area contributed by atoms with Crippen molar-refractivity contribution >= 4 is 65.2 Å². The second-order valence-electron chi connectivity index (χ2n) is 14.1. The summed E-state index contributed by atoms with van der Waals surface area (Å²) in [4.78, 5) is 0. The molecule has 1 aliphatic rings. The molecule has 0 bridgehead atoms. The van der Waals surface area contributed by atoms with E-state index in [-0.39, 0.29) is 0 Å². The third-order valence-electron chi connectivity index (χ3n) is 11.2. The van der Waals surface area contributed by atoms with Crippen LogP contribution in [0.1, 0.15) is 0 Å². The predicted molar refractivity (Wildman–Crippen MR) is 221 cm³/mol. The monoisotopic (exact) mass is 674 g/mol. The highest BCUT2D eigenvalue weighted by Crippen LogP contribution is 2.51. The van der Waals surface area contributed by atoms with Crippen molar-refractivity contribution in [3.63, 3.8) is 0 Å². The van der Waals surface area contributed by atoms with Crippen molar-refractivity contribution < 1.29 is 4.74 Å². The molecule has 0 atom stereocenters. The molecule has 11 aromatic rings. The zero-order valence-corrected chi connectivity index (χ0v) is 28.6. The third kappa shape index (κ3) is 4.05. The van der Waals surface area contributed by atoms with E-state index in [1.165, 1.54) is 65.4 Å². The second-order valence-corrected chi connectivity index (χ2v) is 14.1. The summed E-state index contributed by atoms with van der Waals surface area (Å²) in [6, 6.07) is 65.9. The first-order valence-corrected chi connectivity index (χ1v) is 18.2. The molecule has 0 saturated carbocycles. The van der Waals surface area contributed by atoms with E-state index in [0.29, 0.717) is 0 Å². The van der Waals surface area contributed by atoms with Crippen LogP contribution in [0.2, 0.25) is 0 Å². The van der Waals surface area contributed by atoms with Crippen LogP contribution < -0.4 is 4.74 Å². The smallest absolute Gasteiger partial charge is 0.138 e. The fourth-order valence-corrected chi connectivity index (χ4v) is 8.93. The van der Waals surface area contributed by atoms with Crippen LogP contribution in [-0.2, 0) is 0 Å². The summed E-state index contributed by atoms with van der Waals surface area (Å²) >= 11 is 0. The highest BCUT2D eigenvalue weighted by Gasteiger charge is 2.25. The number of rotatable bonds is 3. The number of ether oxygens (including phenoxy) is 1. The number of nitrogens with zero attached hydrogens (tertiary/aromatic N) is 2. The Morgan fingerprint density at radius 1 is 0.321 bits per heavy atom. The molecule has 0 saturated heterocycles. The Hall–Kier alpha value is -7.10. The first-order chi connectivity index (χ1) is 26.3. The Bertz CT molecular complexity index is 3300. The van der Waals surface area contributed by atoms with Crippen molar-refractivity contribution in [3.8, 4) is 45.1 Å². The molecule has 0 N–H and O–H groups in total. The van der Waals surface area contributed by atoms with E-state index in [0.717, 1.165) is 44.9 Å². The maximum atomic E-state index is 6.84. The van der Waals surface area contributed by atoms with Gasteiger partial charge in [0, 0.05) is 49.9 Å². The summed E-state index contributed by atoms with van der Waals surface area (Å²) in [6.07, 6.45) is 0. The van der Waals surface area contributed by atoms with Gasteiger partial charge in [0.2, 0.25) is 0 Å². The lowest BCUT2D eigenvalue weighted by atomic mass is 9.90. The molecule has 0 radical (unpaired) electrons. The molecule has 53 heavy (non-hydrogen) atoms. The molecule has 9 aromatic carbocycles. The molecule has 3 heteroatoms. The van der Waals surface area contributed by atoms with Crippen LogP contribution in [0.5, 0.6) is 11.5 Å². The normalized spacial score (nSPS) is 12.3. The van der Waals surface area contributed by atoms with E-state index in [1.54, 1.807) is 0 Å². The molecular weight excluding hydrogens is 645 g/mol. The fourth-order valence-electron chi connectivity index (χ4n) is 8.93. The third-order valence-corrected chi connectivity index (χ3v) is 11.2. The summed E-state index contributed by atoms with van der Waals surface area (Å²) in [7, 11) is 0. The molecule has 246 valence electrons. The number of aromatic nitrogens is 2. The van der Waals surface area contributed by atoms with Gasteiger partial charge in [-0.1, -0.05) is 109 Å². The quantitative estimate of drug-likeness (QED) is 0.183. The van der Waals surface area contributed by atoms with Crippen molar-refractivity contribution in [2.45, 2.75) is 0 Å². The van der Waals surface area contributed by atoms with Gasteiger partial charge in [-0.3, -0.25) is 0 Å². The van der Waals surface area contributed by atoms with Crippen LogP contribution in [0.4, 0.5) is 0 Å². The first-order valence-electron chi connectivity index (χ1n) is 18.2. The standard InChI is InChI=1S/C50H30N2O/c1-3-14-35(15-4-1)51-44-24-22-33(27-40(44)41-26-31-12-7-8-13-32(31)29-45(41)51)34-23-25-47-42(28-34)37-19-11-20-39-49-38-18-9-10-21-43(38)52(36-16-5-2-6-17-36)46(49)30-48(53-47)50(37)39/h1-30H. The zero-order valence-electron chi connectivity index (χ0n) is 28.6. The van der Waals surface area contributed by atoms with Gasteiger partial charge in [-0.2, -0.15) is 0 Å². The Balaban J connectivity index is 1.07. The van der Waals surface area contributed by atoms with Gasteiger partial charge in [0.25, 0.3) is 0 Å². The molecular formula is C50H30N2O. The molecule has 0 spiro atoms. The van der Waals surface area contributed by atoms with Gasteiger partial charge in [-0.05, 0) is 99.6 Å². The second kappa shape index (κ2) is 10.7. The largest absolute Gasteiger partial charge is 0.456 e. The van der Waals surface area contributed by atoms with Crippen molar-refractivity contribution in [2.24, 2.45) is 0 Å². The molecule has 3 nitrogen and oxygen atoms in total. The molecule has 3 heterocycles. The summed E-state index contributed by atoms with van der Waals surface area (Å²) < 4.78 is 11.6. The number of hydrogen-bond donors (Lipinski definition) is 0. The average molecular weight is 675 g/mol. The molecule has 12 rings (SSSR count). The Morgan fingerprint density at radius 3 is 1.75 bits per heavy atom. The summed E-state index contributed by atoms with van der Waals surface area (Å²) in [5.74, 6) is 1.77. The Morgan fingerprint density at radius 2 is 0.943 bits per heavy atom. The van der Waals surface area contributed by atoms with Gasteiger partial charge in [-0.25, -0.2) is 0 Å². The highest BCUT2D eigenvalue weighted by atomic mass is 16.5. The lowest BCUT2D eigenvalue weighted by Gasteiger charge is -2.23. The maximum absolute atomic E-state index is 6.84. The first kappa shape index (κ1) is 28.6. The predicted octanol–water partition coefficient (Wildman–Crippen LogP) is 13.6. The topological polar surface area (TPSA) is 19.1 Å². The maximum Gasteiger partial charge on any atom is 0.138 e. The van der Waals surface area contributed by atoms with Gasteiger partial charge >= 0.3 is 0 Å². The van der Waals surface area contributed by atoms with Crippen molar-refractivity contribution in [3.05, 3.63) is 182 Å². The molecule has 0 fully saturated rings. The highest BCUT2D eigenvalue weighted by molar-refractivity contribution is 6.25. The summed E-state index contributed by atoms with van der Waals surface area (Å²) in [5.41, 5.74) is 11.7. The molecule has 1 aliphatic heterocycles. The van der Waals surface area contributed by atoms with E-state index < -0.39 is 0 Å².